The Hall–Kier alpha value is -1.42. The van der Waals surface area contributed by atoms with Crippen LogP contribution in [-0.4, -0.2) is 18.6 Å². The van der Waals surface area contributed by atoms with E-state index in [4.69, 9.17) is 16.3 Å². The number of carbonyl (C=O) groups is 1. The lowest BCUT2D eigenvalue weighted by molar-refractivity contribution is -0.118. The number of nitrogens with one attached hydrogen (secondary N) is 2. The molecule has 0 saturated heterocycles. The van der Waals surface area contributed by atoms with Crippen molar-refractivity contribution in [2.45, 2.75) is 45.1 Å². The lowest BCUT2D eigenvalue weighted by atomic mass is 10.0. The van der Waals surface area contributed by atoms with Crippen LogP contribution in [0.5, 0.6) is 5.75 Å². The van der Waals surface area contributed by atoms with E-state index in [9.17, 15) is 4.79 Å². The van der Waals surface area contributed by atoms with E-state index in [0.29, 0.717) is 22.5 Å². The quantitative estimate of drug-likeness (QED) is 0.810. The Kier molecular flexibility index (Phi) is 4.24. The summed E-state index contributed by atoms with van der Waals surface area (Å²) in [4.78, 5) is 11.3. The SMILES string of the molecule is CC1CCCC(Nc2cc3c(cc2Cl)NC(=O)CO3)CC1. The number of amides is 1. The lowest BCUT2D eigenvalue weighted by Gasteiger charge is -2.23. The molecular formula is C16H21ClN2O2. The van der Waals surface area contributed by atoms with Gasteiger partial charge in [-0.25, -0.2) is 0 Å². The molecule has 114 valence electrons. The first kappa shape index (κ1) is 14.5. The van der Waals surface area contributed by atoms with Crippen LogP contribution in [0.15, 0.2) is 12.1 Å². The second-order valence-electron chi connectivity index (χ2n) is 6.12. The van der Waals surface area contributed by atoms with E-state index < -0.39 is 0 Å². The minimum absolute atomic E-state index is 0.0645. The second-order valence-corrected chi connectivity index (χ2v) is 6.53. The molecule has 1 fully saturated rings. The monoisotopic (exact) mass is 308 g/mol. The Balaban J connectivity index is 1.75. The van der Waals surface area contributed by atoms with E-state index in [1.807, 2.05) is 6.07 Å². The van der Waals surface area contributed by atoms with Gasteiger partial charge in [0.05, 0.1) is 16.4 Å². The van der Waals surface area contributed by atoms with Gasteiger partial charge >= 0.3 is 0 Å². The average molecular weight is 309 g/mol. The number of anilines is 2. The van der Waals surface area contributed by atoms with Gasteiger partial charge in [0.1, 0.15) is 5.75 Å². The van der Waals surface area contributed by atoms with Crippen molar-refractivity contribution in [3.8, 4) is 5.75 Å². The van der Waals surface area contributed by atoms with Crippen LogP contribution in [-0.2, 0) is 4.79 Å². The molecule has 2 unspecified atom stereocenters. The van der Waals surface area contributed by atoms with Crippen molar-refractivity contribution < 1.29 is 9.53 Å². The third-order valence-electron chi connectivity index (χ3n) is 4.32. The molecule has 5 heteroatoms. The van der Waals surface area contributed by atoms with E-state index >= 15 is 0 Å². The molecule has 1 amide bonds. The van der Waals surface area contributed by atoms with Gasteiger partial charge in [0.15, 0.2) is 6.61 Å². The molecule has 1 aromatic carbocycles. The molecule has 0 spiro atoms. The van der Waals surface area contributed by atoms with Gasteiger partial charge in [-0.05, 0) is 31.2 Å². The van der Waals surface area contributed by atoms with Crippen LogP contribution >= 0.6 is 11.6 Å². The predicted molar refractivity (Wildman–Crippen MR) is 85.2 cm³/mol. The number of fused-ring (bicyclic) bond motifs is 1. The van der Waals surface area contributed by atoms with Crippen molar-refractivity contribution in [1.29, 1.82) is 0 Å². The molecule has 1 saturated carbocycles. The zero-order valence-electron chi connectivity index (χ0n) is 12.2. The normalized spacial score (nSPS) is 25.3. The van der Waals surface area contributed by atoms with Gasteiger partial charge < -0.3 is 15.4 Å². The first-order valence-corrected chi connectivity index (χ1v) is 8.02. The minimum atomic E-state index is -0.142. The highest BCUT2D eigenvalue weighted by Gasteiger charge is 2.21. The molecule has 4 nitrogen and oxygen atoms in total. The van der Waals surface area contributed by atoms with Crippen LogP contribution in [0.3, 0.4) is 0 Å². The lowest BCUT2D eigenvalue weighted by Crippen LogP contribution is -2.25. The molecule has 1 heterocycles. The number of benzene rings is 1. The largest absolute Gasteiger partial charge is 0.482 e. The molecule has 0 radical (unpaired) electrons. The third-order valence-corrected chi connectivity index (χ3v) is 4.63. The van der Waals surface area contributed by atoms with Gasteiger partial charge in [-0.15, -0.1) is 0 Å². The Morgan fingerprint density at radius 3 is 3.00 bits per heavy atom. The highest BCUT2D eigenvalue weighted by molar-refractivity contribution is 6.33. The number of hydrogen-bond acceptors (Lipinski definition) is 3. The summed E-state index contributed by atoms with van der Waals surface area (Å²) in [5.74, 6) is 1.36. The Morgan fingerprint density at radius 1 is 1.29 bits per heavy atom. The maximum absolute atomic E-state index is 11.3. The van der Waals surface area contributed by atoms with Crippen LogP contribution in [0.2, 0.25) is 5.02 Å². The Bertz CT molecular complexity index is 547. The standard InChI is InChI=1S/C16H21ClN2O2/c1-10-3-2-4-11(6-5-10)18-13-8-15-14(7-12(13)17)19-16(20)9-21-15/h7-8,10-11,18H,2-6,9H2,1H3,(H,19,20). The molecular weight excluding hydrogens is 288 g/mol. The number of hydrogen-bond donors (Lipinski definition) is 2. The number of rotatable bonds is 2. The van der Waals surface area contributed by atoms with Crippen LogP contribution in [0.25, 0.3) is 0 Å². The fraction of sp³-hybridized carbons (Fsp3) is 0.562. The van der Waals surface area contributed by atoms with Crippen molar-refractivity contribution in [3.63, 3.8) is 0 Å². The van der Waals surface area contributed by atoms with Crippen LogP contribution in [0.4, 0.5) is 11.4 Å². The zero-order valence-corrected chi connectivity index (χ0v) is 13.0. The predicted octanol–water partition coefficient (Wildman–Crippen LogP) is 4.05. The average Bonchev–Trinajstić information content (AvgIpc) is 2.65. The molecule has 1 aliphatic heterocycles. The summed E-state index contributed by atoms with van der Waals surface area (Å²) >= 11 is 6.33. The number of halogens is 1. The van der Waals surface area contributed by atoms with Crippen LogP contribution in [0, 0.1) is 5.92 Å². The van der Waals surface area contributed by atoms with Crippen molar-refractivity contribution in [3.05, 3.63) is 17.2 Å². The van der Waals surface area contributed by atoms with Crippen LogP contribution in [0.1, 0.15) is 39.0 Å². The molecule has 21 heavy (non-hydrogen) atoms. The van der Waals surface area contributed by atoms with Gasteiger partial charge in [-0.3, -0.25) is 4.79 Å². The number of ether oxygens (including phenoxy) is 1. The minimum Gasteiger partial charge on any atom is -0.482 e. The van der Waals surface area contributed by atoms with E-state index in [1.54, 1.807) is 6.07 Å². The summed E-state index contributed by atoms with van der Waals surface area (Å²) < 4.78 is 5.45. The molecule has 2 aliphatic rings. The Labute approximate surface area is 130 Å². The molecule has 1 aromatic rings. The summed E-state index contributed by atoms with van der Waals surface area (Å²) in [7, 11) is 0. The summed E-state index contributed by atoms with van der Waals surface area (Å²) in [5.41, 5.74) is 1.54. The van der Waals surface area contributed by atoms with Crippen molar-refractivity contribution in [1.82, 2.24) is 0 Å². The maximum Gasteiger partial charge on any atom is 0.262 e. The van der Waals surface area contributed by atoms with Crippen molar-refractivity contribution in [2.24, 2.45) is 5.92 Å². The van der Waals surface area contributed by atoms with Gasteiger partial charge in [0.25, 0.3) is 5.91 Å². The summed E-state index contributed by atoms with van der Waals surface area (Å²) in [6.45, 7) is 2.39. The Morgan fingerprint density at radius 2 is 2.14 bits per heavy atom. The summed E-state index contributed by atoms with van der Waals surface area (Å²) in [6.07, 6.45) is 6.17. The summed E-state index contributed by atoms with van der Waals surface area (Å²) in [6, 6.07) is 4.12. The highest BCUT2D eigenvalue weighted by Crippen LogP contribution is 2.37. The molecule has 3 rings (SSSR count). The van der Waals surface area contributed by atoms with E-state index in [2.05, 4.69) is 17.6 Å². The fourth-order valence-corrected chi connectivity index (χ4v) is 3.28. The zero-order chi connectivity index (χ0) is 14.8. The van der Waals surface area contributed by atoms with Gasteiger partial charge in [-0.1, -0.05) is 31.4 Å². The highest BCUT2D eigenvalue weighted by atomic mass is 35.5. The van der Waals surface area contributed by atoms with E-state index in [1.165, 1.54) is 32.1 Å². The molecule has 0 bridgehead atoms. The van der Waals surface area contributed by atoms with Gasteiger partial charge in [0.2, 0.25) is 0 Å². The maximum atomic E-state index is 11.3. The fourth-order valence-electron chi connectivity index (χ4n) is 3.06. The van der Waals surface area contributed by atoms with E-state index in [-0.39, 0.29) is 12.5 Å². The molecule has 1 aliphatic carbocycles. The first-order valence-electron chi connectivity index (χ1n) is 7.64. The van der Waals surface area contributed by atoms with Gasteiger partial charge in [-0.2, -0.15) is 0 Å². The van der Waals surface area contributed by atoms with Crippen molar-refractivity contribution >= 4 is 28.9 Å². The topological polar surface area (TPSA) is 50.4 Å². The number of carbonyl (C=O) groups excluding carboxylic acids is 1. The molecule has 2 N–H and O–H groups in total. The van der Waals surface area contributed by atoms with Crippen molar-refractivity contribution in [2.75, 3.05) is 17.2 Å². The first-order chi connectivity index (χ1) is 10.1. The third kappa shape index (κ3) is 3.43. The van der Waals surface area contributed by atoms with Gasteiger partial charge in [0, 0.05) is 12.1 Å². The van der Waals surface area contributed by atoms with E-state index in [0.717, 1.165) is 11.6 Å². The second kappa shape index (κ2) is 6.14. The van der Waals surface area contributed by atoms with Crippen LogP contribution < -0.4 is 15.4 Å². The summed E-state index contributed by atoms with van der Waals surface area (Å²) in [5, 5.41) is 6.94. The molecule has 2 atom stereocenters. The molecule has 0 aromatic heterocycles. The smallest absolute Gasteiger partial charge is 0.262 e.